The molecule has 0 atom stereocenters. The van der Waals surface area contributed by atoms with Crippen molar-refractivity contribution in [3.8, 4) is 0 Å². The van der Waals surface area contributed by atoms with Crippen LogP contribution in [0.3, 0.4) is 0 Å². The molecular weight excluding hydrogens is 182 g/mol. The van der Waals surface area contributed by atoms with E-state index < -0.39 is 0 Å². The second-order valence-corrected chi connectivity index (χ2v) is 3.47. The summed E-state index contributed by atoms with van der Waals surface area (Å²) in [5, 5.41) is 8.84. The van der Waals surface area contributed by atoms with Crippen molar-refractivity contribution >= 4 is 5.91 Å². The standard InChI is InChI=1S/C10H13NO3/c12-5-4-11(9-1-2-9)10(13)8-3-6-14-7-8/h3,6-7,9,12H,1-2,4-5H2. The lowest BCUT2D eigenvalue weighted by molar-refractivity contribution is 0.0707. The van der Waals surface area contributed by atoms with Gasteiger partial charge in [-0.3, -0.25) is 4.79 Å². The molecule has 1 amide bonds. The van der Waals surface area contributed by atoms with E-state index in [-0.39, 0.29) is 12.5 Å². The molecule has 4 nitrogen and oxygen atoms in total. The number of nitrogens with zero attached hydrogens (tertiary/aromatic N) is 1. The molecule has 1 aliphatic rings. The molecule has 1 aromatic heterocycles. The number of hydrogen-bond acceptors (Lipinski definition) is 3. The Morgan fingerprint density at radius 1 is 1.64 bits per heavy atom. The van der Waals surface area contributed by atoms with Crippen molar-refractivity contribution in [3.63, 3.8) is 0 Å². The van der Waals surface area contributed by atoms with E-state index >= 15 is 0 Å². The maximum absolute atomic E-state index is 11.8. The lowest BCUT2D eigenvalue weighted by Crippen LogP contribution is -2.35. The molecule has 2 rings (SSSR count). The fourth-order valence-corrected chi connectivity index (χ4v) is 1.50. The number of rotatable bonds is 4. The van der Waals surface area contributed by atoms with Gasteiger partial charge in [-0.15, -0.1) is 0 Å². The van der Waals surface area contributed by atoms with E-state index in [1.807, 2.05) is 0 Å². The Bertz CT molecular complexity index is 303. The van der Waals surface area contributed by atoms with Crippen molar-refractivity contribution < 1.29 is 14.3 Å². The molecule has 0 unspecified atom stereocenters. The van der Waals surface area contributed by atoms with Crippen LogP contribution in [0.2, 0.25) is 0 Å². The topological polar surface area (TPSA) is 53.7 Å². The van der Waals surface area contributed by atoms with E-state index in [9.17, 15) is 4.79 Å². The Kier molecular flexibility index (Phi) is 2.54. The predicted molar refractivity (Wildman–Crippen MR) is 49.9 cm³/mol. The van der Waals surface area contributed by atoms with E-state index in [4.69, 9.17) is 9.52 Å². The third-order valence-corrected chi connectivity index (χ3v) is 2.36. The lowest BCUT2D eigenvalue weighted by atomic mass is 10.3. The summed E-state index contributed by atoms with van der Waals surface area (Å²) >= 11 is 0. The number of furan rings is 1. The molecule has 0 radical (unpaired) electrons. The average Bonchev–Trinajstić information content (AvgIpc) is 2.88. The Balaban J connectivity index is 2.07. The zero-order chi connectivity index (χ0) is 9.97. The molecule has 4 heteroatoms. The van der Waals surface area contributed by atoms with Crippen molar-refractivity contribution in [1.82, 2.24) is 4.90 Å². The van der Waals surface area contributed by atoms with E-state index in [1.54, 1.807) is 11.0 Å². The zero-order valence-corrected chi connectivity index (χ0v) is 7.85. The number of amides is 1. The second kappa shape index (κ2) is 3.84. The van der Waals surface area contributed by atoms with Crippen molar-refractivity contribution in [2.75, 3.05) is 13.2 Å². The van der Waals surface area contributed by atoms with Crippen molar-refractivity contribution in [2.24, 2.45) is 0 Å². The molecule has 76 valence electrons. The third kappa shape index (κ3) is 1.80. The Hall–Kier alpha value is -1.29. The molecule has 1 heterocycles. The molecule has 1 fully saturated rings. The minimum atomic E-state index is -0.0460. The minimum absolute atomic E-state index is 0.0140. The van der Waals surface area contributed by atoms with Crippen LogP contribution in [-0.4, -0.2) is 35.1 Å². The normalized spacial score (nSPS) is 15.5. The van der Waals surface area contributed by atoms with Crippen LogP contribution in [0.4, 0.5) is 0 Å². The first kappa shape index (κ1) is 9.27. The Morgan fingerprint density at radius 2 is 2.43 bits per heavy atom. The van der Waals surface area contributed by atoms with Gasteiger partial charge >= 0.3 is 0 Å². The first-order chi connectivity index (χ1) is 6.83. The number of aliphatic hydroxyl groups is 1. The summed E-state index contributed by atoms with van der Waals surface area (Å²) in [5.74, 6) is -0.0460. The van der Waals surface area contributed by atoms with Crippen LogP contribution in [0.1, 0.15) is 23.2 Å². The molecule has 0 aromatic carbocycles. The van der Waals surface area contributed by atoms with E-state index in [2.05, 4.69) is 0 Å². The molecule has 0 bridgehead atoms. The average molecular weight is 195 g/mol. The van der Waals surface area contributed by atoms with Gasteiger partial charge < -0.3 is 14.4 Å². The van der Waals surface area contributed by atoms with Crippen LogP contribution in [0.15, 0.2) is 23.0 Å². The monoisotopic (exact) mass is 195 g/mol. The fraction of sp³-hybridized carbons (Fsp3) is 0.500. The zero-order valence-electron chi connectivity index (χ0n) is 7.85. The highest BCUT2D eigenvalue weighted by molar-refractivity contribution is 5.94. The van der Waals surface area contributed by atoms with Gasteiger partial charge in [-0.1, -0.05) is 0 Å². The van der Waals surface area contributed by atoms with Crippen molar-refractivity contribution in [3.05, 3.63) is 24.2 Å². The fourth-order valence-electron chi connectivity index (χ4n) is 1.50. The SMILES string of the molecule is O=C(c1ccoc1)N(CCO)C1CC1. The summed E-state index contributed by atoms with van der Waals surface area (Å²) < 4.78 is 4.85. The van der Waals surface area contributed by atoms with Gasteiger partial charge in [-0.05, 0) is 18.9 Å². The molecule has 1 aromatic rings. The molecule has 0 spiro atoms. The second-order valence-electron chi connectivity index (χ2n) is 3.47. The van der Waals surface area contributed by atoms with Gasteiger partial charge in [-0.2, -0.15) is 0 Å². The maximum Gasteiger partial charge on any atom is 0.257 e. The van der Waals surface area contributed by atoms with Gasteiger partial charge in [0.2, 0.25) is 0 Å². The maximum atomic E-state index is 11.8. The van der Waals surface area contributed by atoms with Crippen molar-refractivity contribution in [2.45, 2.75) is 18.9 Å². The van der Waals surface area contributed by atoms with Crippen LogP contribution in [0.5, 0.6) is 0 Å². The molecule has 1 N–H and O–H groups in total. The van der Waals surface area contributed by atoms with Gasteiger partial charge in [0.25, 0.3) is 5.91 Å². The highest BCUT2D eigenvalue weighted by atomic mass is 16.3. The predicted octanol–water partition coefficient (Wildman–Crippen LogP) is 0.877. The number of carbonyl (C=O) groups is 1. The largest absolute Gasteiger partial charge is 0.472 e. The van der Waals surface area contributed by atoms with E-state index in [0.717, 1.165) is 12.8 Å². The summed E-state index contributed by atoms with van der Waals surface area (Å²) in [7, 11) is 0. The minimum Gasteiger partial charge on any atom is -0.472 e. The quantitative estimate of drug-likeness (QED) is 0.775. The van der Waals surface area contributed by atoms with Crippen molar-refractivity contribution in [1.29, 1.82) is 0 Å². The summed E-state index contributed by atoms with van der Waals surface area (Å²) in [6.45, 7) is 0.425. The molecule has 0 aliphatic heterocycles. The van der Waals surface area contributed by atoms with Gasteiger partial charge in [-0.25, -0.2) is 0 Å². The number of aliphatic hydroxyl groups excluding tert-OH is 1. The smallest absolute Gasteiger partial charge is 0.257 e. The molecule has 0 saturated heterocycles. The van der Waals surface area contributed by atoms with E-state index in [1.165, 1.54) is 12.5 Å². The summed E-state index contributed by atoms with van der Waals surface area (Å²) in [5.41, 5.74) is 0.561. The van der Waals surface area contributed by atoms with Crippen LogP contribution in [-0.2, 0) is 0 Å². The Labute approximate surface area is 82.1 Å². The summed E-state index contributed by atoms with van der Waals surface area (Å²) in [6.07, 6.45) is 5.01. The van der Waals surface area contributed by atoms with E-state index in [0.29, 0.717) is 18.2 Å². The van der Waals surface area contributed by atoms with Gasteiger partial charge in [0.15, 0.2) is 0 Å². The molecule has 14 heavy (non-hydrogen) atoms. The first-order valence-corrected chi connectivity index (χ1v) is 4.77. The Morgan fingerprint density at radius 3 is 2.93 bits per heavy atom. The van der Waals surface area contributed by atoms with Crippen LogP contribution in [0.25, 0.3) is 0 Å². The van der Waals surface area contributed by atoms with Gasteiger partial charge in [0, 0.05) is 12.6 Å². The van der Waals surface area contributed by atoms with Gasteiger partial charge in [0.05, 0.1) is 18.4 Å². The first-order valence-electron chi connectivity index (χ1n) is 4.77. The van der Waals surface area contributed by atoms with Crippen LogP contribution in [0, 0.1) is 0 Å². The molecule has 1 aliphatic carbocycles. The highest BCUT2D eigenvalue weighted by Gasteiger charge is 2.32. The summed E-state index contributed by atoms with van der Waals surface area (Å²) in [6, 6.07) is 1.97. The van der Waals surface area contributed by atoms with Crippen LogP contribution < -0.4 is 0 Å². The summed E-state index contributed by atoms with van der Waals surface area (Å²) in [4.78, 5) is 13.5. The number of carbonyl (C=O) groups excluding carboxylic acids is 1. The lowest BCUT2D eigenvalue weighted by Gasteiger charge is -2.20. The third-order valence-electron chi connectivity index (χ3n) is 2.36. The van der Waals surface area contributed by atoms with Crippen LogP contribution >= 0.6 is 0 Å². The number of hydrogen-bond donors (Lipinski definition) is 1. The highest BCUT2D eigenvalue weighted by Crippen LogP contribution is 2.27. The van der Waals surface area contributed by atoms with Gasteiger partial charge in [0.1, 0.15) is 6.26 Å². The molecular formula is C10H13NO3. The molecule has 1 saturated carbocycles.